The van der Waals surface area contributed by atoms with Gasteiger partial charge in [0.05, 0.1) is 0 Å². The molecule has 84 valence electrons. The quantitative estimate of drug-likeness (QED) is 0.759. The lowest BCUT2D eigenvalue weighted by Gasteiger charge is -2.10. The van der Waals surface area contributed by atoms with Crippen LogP contribution in [0.4, 0.5) is 0 Å². The lowest BCUT2D eigenvalue weighted by molar-refractivity contribution is 0.680. The zero-order valence-corrected chi connectivity index (χ0v) is 10.1. The normalized spacial score (nSPS) is 15.3. The summed E-state index contributed by atoms with van der Waals surface area (Å²) >= 11 is 5.80. The number of aromatic nitrogens is 1. The highest BCUT2D eigenvalue weighted by molar-refractivity contribution is 6.18. The Balaban J connectivity index is 2.13. The molecule has 1 aromatic carbocycles. The molecule has 3 rings (SSSR count). The first kappa shape index (κ1) is 10.2. The van der Waals surface area contributed by atoms with Crippen molar-refractivity contribution in [2.45, 2.75) is 32.1 Å². The van der Waals surface area contributed by atoms with E-state index in [1.807, 2.05) is 0 Å². The van der Waals surface area contributed by atoms with Crippen LogP contribution < -0.4 is 0 Å². The van der Waals surface area contributed by atoms with E-state index in [0.29, 0.717) is 5.88 Å². The number of nitrogens with one attached hydrogen (secondary N) is 1. The third-order valence-electron chi connectivity index (χ3n) is 3.55. The second kappa shape index (κ2) is 4.14. The molecular formula is C14H16ClN. The second-order valence-electron chi connectivity index (χ2n) is 4.61. The number of fused-ring (bicyclic) bond motifs is 3. The molecule has 0 amide bonds. The van der Waals surface area contributed by atoms with Gasteiger partial charge >= 0.3 is 0 Å². The second-order valence-corrected chi connectivity index (χ2v) is 4.99. The van der Waals surface area contributed by atoms with Gasteiger partial charge in [0.1, 0.15) is 0 Å². The zero-order chi connectivity index (χ0) is 11.0. The van der Waals surface area contributed by atoms with Crippen molar-refractivity contribution in [1.82, 2.24) is 4.98 Å². The van der Waals surface area contributed by atoms with Crippen molar-refractivity contribution >= 4 is 22.5 Å². The summed E-state index contributed by atoms with van der Waals surface area (Å²) in [6, 6.07) is 6.71. The molecule has 0 aliphatic heterocycles. The fraction of sp³-hybridized carbons (Fsp3) is 0.429. The number of halogens is 1. The molecule has 1 aromatic heterocycles. The average molecular weight is 234 g/mol. The maximum atomic E-state index is 5.80. The summed E-state index contributed by atoms with van der Waals surface area (Å²) in [5.74, 6) is 0.706. The van der Waals surface area contributed by atoms with Gasteiger partial charge in [0.15, 0.2) is 0 Å². The fourth-order valence-electron chi connectivity index (χ4n) is 2.72. The summed E-state index contributed by atoms with van der Waals surface area (Å²) in [6.07, 6.45) is 6.08. The molecule has 0 unspecified atom stereocenters. The summed E-state index contributed by atoms with van der Waals surface area (Å²) in [4.78, 5) is 3.55. The zero-order valence-electron chi connectivity index (χ0n) is 9.35. The van der Waals surface area contributed by atoms with E-state index in [9.17, 15) is 0 Å². The highest BCUT2D eigenvalue weighted by atomic mass is 35.5. The van der Waals surface area contributed by atoms with Crippen LogP contribution in [0.2, 0.25) is 0 Å². The van der Waals surface area contributed by atoms with Crippen molar-refractivity contribution < 1.29 is 0 Å². The molecule has 1 N–H and O–H groups in total. The van der Waals surface area contributed by atoms with E-state index >= 15 is 0 Å². The van der Waals surface area contributed by atoms with Crippen molar-refractivity contribution in [2.75, 3.05) is 5.88 Å². The number of H-pyrrole nitrogens is 1. The van der Waals surface area contributed by atoms with Crippen LogP contribution in [0.1, 0.15) is 29.7 Å². The molecule has 0 radical (unpaired) electrons. The first-order chi connectivity index (χ1) is 7.88. The summed E-state index contributed by atoms with van der Waals surface area (Å²) in [5.41, 5.74) is 5.67. The van der Waals surface area contributed by atoms with Gasteiger partial charge in [-0.05, 0) is 55.4 Å². The predicted octanol–water partition coefficient (Wildman–Crippen LogP) is 3.83. The molecule has 0 saturated carbocycles. The Morgan fingerprint density at radius 3 is 2.94 bits per heavy atom. The van der Waals surface area contributed by atoms with Gasteiger partial charge in [-0.1, -0.05) is 6.07 Å². The standard InChI is InChI=1S/C14H16ClN/c15-8-7-10-5-6-14-12(9-10)11-3-1-2-4-13(11)16-14/h5-6,9,16H,1-4,7-8H2. The Hall–Kier alpha value is -0.950. The van der Waals surface area contributed by atoms with Gasteiger partial charge < -0.3 is 4.98 Å². The summed E-state index contributed by atoms with van der Waals surface area (Å²) in [6.45, 7) is 0. The van der Waals surface area contributed by atoms with E-state index in [4.69, 9.17) is 11.6 Å². The Morgan fingerprint density at radius 2 is 2.06 bits per heavy atom. The van der Waals surface area contributed by atoms with Gasteiger partial charge in [-0.15, -0.1) is 11.6 Å². The van der Waals surface area contributed by atoms with Gasteiger partial charge in [-0.25, -0.2) is 0 Å². The largest absolute Gasteiger partial charge is 0.358 e. The highest BCUT2D eigenvalue weighted by Crippen LogP contribution is 2.29. The lowest BCUT2D eigenvalue weighted by atomic mass is 9.95. The molecule has 2 heteroatoms. The Labute approximate surface area is 101 Å². The van der Waals surface area contributed by atoms with E-state index in [1.54, 1.807) is 5.56 Å². The van der Waals surface area contributed by atoms with E-state index < -0.39 is 0 Å². The van der Waals surface area contributed by atoms with Crippen LogP contribution in [-0.2, 0) is 19.3 Å². The number of hydrogen-bond acceptors (Lipinski definition) is 0. The molecular weight excluding hydrogens is 218 g/mol. The van der Waals surface area contributed by atoms with E-state index in [2.05, 4.69) is 23.2 Å². The number of alkyl halides is 1. The number of aryl methyl sites for hydroxylation is 3. The third-order valence-corrected chi connectivity index (χ3v) is 3.73. The van der Waals surface area contributed by atoms with Crippen LogP contribution in [0.25, 0.3) is 10.9 Å². The van der Waals surface area contributed by atoms with Gasteiger partial charge in [0.25, 0.3) is 0 Å². The smallest absolute Gasteiger partial charge is 0.0459 e. The summed E-state index contributed by atoms with van der Waals surface area (Å²) < 4.78 is 0. The van der Waals surface area contributed by atoms with Crippen LogP contribution in [0.5, 0.6) is 0 Å². The minimum Gasteiger partial charge on any atom is -0.358 e. The summed E-state index contributed by atoms with van der Waals surface area (Å²) in [5, 5.41) is 1.43. The Bertz CT molecular complexity index is 513. The molecule has 1 aliphatic rings. The van der Waals surface area contributed by atoms with Crippen molar-refractivity contribution in [3.8, 4) is 0 Å². The third kappa shape index (κ3) is 1.63. The number of benzene rings is 1. The predicted molar refractivity (Wildman–Crippen MR) is 69.4 cm³/mol. The van der Waals surface area contributed by atoms with Crippen LogP contribution in [0, 0.1) is 0 Å². The maximum Gasteiger partial charge on any atom is 0.0459 e. The molecule has 0 bridgehead atoms. The minimum absolute atomic E-state index is 0.706. The molecule has 1 nitrogen and oxygen atoms in total. The highest BCUT2D eigenvalue weighted by Gasteiger charge is 2.15. The topological polar surface area (TPSA) is 15.8 Å². The van der Waals surface area contributed by atoms with Crippen LogP contribution in [0.3, 0.4) is 0 Å². The molecule has 2 aromatic rings. The number of hydrogen-bond donors (Lipinski definition) is 1. The van der Waals surface area contributed by atoms with Crippen LogP contribution >= 0.6 is 11.6 Å². The molecule has 0 atom stereocenters. The van der Waals surface area contributed by atoms with Crippen molar-refractivity contribution in [1.29, 1.82) is 0 Å². The monoisotopic (exact) mass is 233 g/mol. The van der Waals surface area contributed by atoms with Crippen molar-refractivity contribution in [3.63, 3.8) is 0 Å². The average Bonchev–Trinajstić information content (AvgIpc) is 2.68. The van der Waals surface area contributed by atoms with Gasteiger partial charge in [0.2, 0.25) is 0 Å². The first-order valence-corrected chi connectivity index (χ1v) is 6.60. The van der Waals surface area contributed by atoms with E-state index in [1.165, 1.54) is 47.8 Å². The minimum atomic E-state index is 0.706. The SMILES string of the molecule is ClCCc1ccc2[nH]c3c(c2c1)CCCC3. The van der Waals surface area contributed by atoms with Crippen LogP contribution in [0.15, 0.2) is 18.2 Å². The summed E-state index contributed by atoms with van der Waals surface area (Å²) in [7, 11) is 0. The van der Waals surface area contributed by atoms with E-state index in [-0.39, 0.29) is 0 Å². The molecule has 0 fully saturated rings. The van der Waals surface area contributed by atoms with Gasteiger partial charge in [-0.3, -0.25) is 0 Å². The van der Waals surface area contributed by atoms with Crippen molar-refractivity contribution in [3.05, 3.63) is 35.0 Å². The molecule has 1 heterocycles. The van der Waals surface area contributed by atoms with Crippen molar-refractivity contribution in [2.24, 2.45) is 0 Å². The Morgan fingerprint density at radius 1 is 1.19 bits per heavy atom. The van der Waals surface area contributed by atoms with E-state index in [0.717, 1.165) is 6.42 Å². The molecule has 16 heavy (non-hydrogen) atoms. The maximum absolute atomic E-state index is 5.80. The molecule has 0 saturated heterocycles. The van der Waals surface area contributed by atoms with Crippen LogP contribution in [-0.4, -0.2) is 10.9 Å². The number of aromatic amines is 1. The molecule has 1 aliphatic carbocycles. The lowest BCUT2D eigenvalue weighted by Crippen LogP contribution is -2.00. The van der Waals surface area contributed by atoms with Gasteiger partial charge in [0, 0.05) is 22.5 Å². The Kier molecular flexibility index (Phi) is 2.64. The number of rotatable bonds is 2. The fourth-order valence-corrected chi connectivity index (χ4v) is 2.94. The molecule has 0 spiro atoms. The van der Waals surface area contributed by atoms with Gasteiger partial charge in [-0.2, -0.15) is 0 Å². The first-order valence-electron chi connectivity index (χ1n) is 6.07.